The van der Waals surface area contributed by atoms with Crippen LogP contribution >= 0.6 is 0 Å². The van der Waals surface area contributed by atoms with Gasteiger partial charge in [0.15, 0.2) is 12.4 Å². The minimum Gasteiger partial charge on any atom is -0.483 e. The van der Waals surface area contributed by atoms with Crippen LogP contribution in [0.3, 0.4) is 0 Å². The molecule has 0 unspecified atom stereocenters. The van der Waals surface area contributed by atoms with Gasteiger partial charge in [0.2, 0.25) is 0 Å². The predicted molar refractivity (Wildman–Crippen MR) is 155 cm³/mol. The number of ether oxygens (including phenoxy) is 1. The fraction of sp³-hybridized carbons (Fsp3) is 0.333. The summed E-state index contributed by atoms with van der Waals surface area (Å²) < 4.78 is 49.0. The van der Waals surface area contributed by atoms with E-state index in [9.17, 15) is 22.8 Å². The molecule has 0 aliphatic carbocycles. The van der Waals surface area contributed by atoms with Crippen LogP contribution < -0.4 is 10.1 Å². The maximum Gasteiger partial charge on any atom is 0.416 e. The van der Waals surface area contributed by atoms with Crippen LogP contribution in [0.5, 0.6) is 5.75 Å². The number of nitrogens with zero attached hydrogens (tertiary/aromatic N) is 1. The number of aryl methyl sites for hydroxylation is 1. The van der Waals surface area contributed by atoms with Crippen LogP contribution in [0.1, 0.15) is 83.5 Å². The van der Waals surface area contributed by atoms with E-state index in [0.717, 1.165) is 33.8 Å². The van der Waals surface area contributed by atoms with Crippen molar-refractivity contribution in [2.45, 2.75) is 72.3 Å². The third kappa shape index (κ3) is 6.47. The Hall–Kier alpha value is -4.07. The molecule has 0 saturated carbocycles. The number of alkyl halides is 3. The van der Waals surface area contributed by atoms with Crippen molar-refractivity contribution >= 4 is 23.1 Å². The van der Waals surface area contributed by atoms with E-state index in [0.29, 0.717) is 17.8 Å². The lowest BCUT2D eigenvalue weighted by molar-refractivity contribution is -0.138. The maximum atomic E-state index is 13.9. The summed E-state index contributed by atoms with van der Waals surface area (Å²) in [6, 6.07) is 16.7. The average molecular weight is 565 g/mol. The van der Waals surface area contributed by atoms with Crippen molar-refractivity contribution in [3.63, 3.8) is 0 Å². The van der Waals surface area contributed by atoms with Crippen LogP contribution in [0.15, 0.2) is 60.7 Å². The monoisotopic (exact) mass is 564 g/mol. The summed E-state index contributed by atoms with van der Waals surface area (Å²) in [4.78, 5) is 24.2. The molecule has 0 saturated heterocycles. The van der Waals surface area contributed by atoms with Gasteiger partial charge in [-0.25, -0.2) is 0 Å². The number of benzene rings is 3. The molecule has 8 heteroatoms. The number of carbonyl (C=O) groups excluding carboxylic acids is 2. The zero-order valence-electron chi connectivity index (χ0n) is 24.1. The van der Waals surface area contributed by atoms with E-state index in [1.165, 1.54) is 24.6 Å². The molecule has 0 aliphatic rings. The summed E-state index contributed by atoms with van der Waals surface area (Å²) in [6.45, 7) is 11.4. The Morgan fingerprint density at radius 1 is 0.976 bits per heavy atom. The largest absolute Gasteiger partial charge is 0.483 e. The van der Waals surface area contributed by atoms with E-state index in [-0.39, 0.29) is 29.8 Å². The molecule has 1 aromatic heterocycles. The zero-order chi connectivity index (χ0) is 30.1. The highest BCUT2D eigenvalue weighted by Crippen LogP contribution is 2.36. The molecule has 3 aromatic carbocycles. The average Bonchev–Trinajstić information content (AvgIpc) is 3.16. The third-order valence-corrected chi connectivity index (χ3v) is 7.55. The number of halogens is 3. The highest BCUT2D eigenvalue weighted by molar-refractivity contribution is 5.99. The summed E-state index contributed by atoms with van der Waals surface area (Å²) >= 11 is 0. The number of fused-ring (bicyclic) bond motifs is 1. The van der Waals surface area contributed by atoms with Crippen LogP contribution in [0.2, 0.25) is 0 Å². The normalized spacial score (nSPS) is 13.3. The van der Waals surface area contributed by atoms with Crippen LogP contribution in [-0.4, -0.2) is 22.9 Å². The Balaban J connectivity index is 1.66. The lowest BCUT2D eigenvalue weighted by Crippen LogP contribution is -2.26. The topological polar surface area (TPSA) is 60.3 Å². The van der Waals surface area contributed by atoms with Gasteiger partial charge in [0.1, 0.15) is 5.75 Å². The van der Waals surface area contributed by atoms with E-state index in [1.54, 1.807) is 18.2 Å². The van der Waals surface area contributed by atoms with Crippen molar-refractivity contribution < 1.29 is 27.5 Å². The van der Waals surface area contributed by atoms with Crippen LogP contribution in [0, 0.1) is 13.8 Å². The van der Waals surface area contributed by atoms with Crippen LogP contribution in [0.25, 0.3) is 10.9 Å². The summed E-state index contributed by atoms with van der Waals surface area (Å²) in [6.07, 6.45) is -4.77. The molecule has 41 heavy (non-hydrogen) atoms. The minimum absolute atomic E-state index is 0.0207. The molecule has 4 rings (SSSR count). The molecule has 2 atom stereocenters. The molecule has 1 N–H and O–H groups in total. The van der Waals surface area contributed by atoms with Gasteiger partial charge in [-0.2, -0.15) is 13.2 Å². The highest BCUT2D eigenvalue weighted by atomic mass is 19.4. The second kappa shape index (κ2) is 11.8. The number of rotatable bonds is 9. The van der Waals surface area contributed by atoms with Gasteiger partial charge in [-0.15, -0.1) is 0 Å². The second-order valence-corrected chi connectivity index (χ2v) is 10.8. The predicted octanol–water partition coefficient (Wildman–Crippen LogP) is 7.91. The molecular weight excluding hydrogens is 529 g/mol. The van der Waals surface area contributed by atoms with Crippen molar-refractivity contribution in [3.8, 4) is 5.75 Å². The Bertz CT molecular complexity index is 1590. The number of aldehydes is 1. The van der Waals surface area contributed by atoms with Crippen LogP contribution in [0.4, 0.5) is 13.2 Å². The lowest BCUT2D eigenvalue weighted by Gasteiger charge is -2.18. The first-order valence-corrected chi connectivity index (χ1v) is 13.6. The Morgan fingerprint density at radius 3 is 2.34 bits per heavy atom. The Kier molecular flexibility index (Phi) is 8.61. The zero-order valence-corrected chi connectivity index (χ0v) is 24.1. The van der Waals surface area contributed by atoms with E-state index < -0.39 is 17.8 Å². The van der Waals surface area contributed by atoms with E-state index in [1.807, 2.05) is 37.5 Å². The van der Waals surface area contributed by atoms with Crippen molar-refractivity contribution in [1.82, 2.24) is 9.88 Å². The van der Waals surface area contributed by atoms with E-state index >= 15 is 0 Å². The SMILES string of the molecule is Cc1c(C)n(Cc2cc(O[C@@H](C)C=O)ccc2C(F)(F)F)c2ccc(C(=O)N[C@@H](C)c3cccc(C(C)C)c3)cc12. The number of nitrogens with one attached hydrogen (secondary N) is 1. The van der Waals surface area contributed by atoms with Crippen LogP contribution in [-0.2, 0) is 17.5 Å². The van der Waals surface area contributed by atoms with Gasteiger partial charge in [0.05, 0.1) is 11.6 Å². The molecular formula is C33H35F3N2O3. The first-order chi connectivity index (χ1) is 19.3. The molecule has 0 aliphatic heterocycles. The molecule has 4 aromatic rings. The van der Waals surface area contributed by atoms with Gasteiger partial charge in [-0.05, 0) is 92.3 Å². The molecule has 1 heterocycles. The third-order valence-electron chi connectivity index (χ3n) is 7.55. The Labute approximate surface area is 238 Å². The number of hydrogen-bond donors (Lipinski definition) is 1. The molecule has 0 bridgehead atoms. The summed E-state index contributed by atoms with van der Waals surface area (Å²) in [5, 5.41) is 3.86. The molecule has 0 radical (unpaired) electrons. The maximum absolute atomic E-state index is 13.9. The van der Waals surface area contributed by atoms with Crippen molar-refractivity contribution in [2.75, 3.05) is 0 Å². The Morgan fingerprint density at radius 2 is 1.68 bits per heavy atom. The van der Waals surface area contributed by atoms with Gasteiger partial charge in [0.25, 0.3) is 5.91 Å². The summed E-state index contributed by atoms with van der Waals surface area (Å²) in [5.74, 6) is 0.329. The number of aromatic nitrogens is 1. The van der Waals surface area contributed by atoms with Gasteiger partial charge >= 0.3 is 6.18 Å². The van der Waals surface area contributed by atoms with E-state index in [2.05, 4.69) is 31.3 Å². The first kappa shape index (κ1) is 29.9. The molecule has 0 fully saturated rings. The molecule has 1 amide bonds. The quantitative estimate of drug-likeness (QED) is 0.210. The lowest BCUT2D eigenvalue weighted by atomic mass is 9.98. The fourth-order valence-corrected chi connectivity index (χ4v) is 5.01. The fourth-order valence-electron chi connectivity index (χ4n) is 5.01. The molecule has 5 nitrogen and oxygen atoms in total. The standard InChI is InChI=1S/C33H35F3N2O3/c1-19(2)24-8-7-9-25(14-24)22(5)37-32(40)26-10-13-31-29(16-26)21(4)23(6)38(31)17-27-15-28(41-20(3)18-39)11-12-30(27)33(34,35)36/h7-16,18-20,22H,17H2,1-6H3,(H,37,40)/t20-,22-/m0/s1. The van der Waals surface area contributed by atoms with Crippen molar-refractivity contribution in [3.05, 3.63) is 99.7 Å². The minimum atomic E-state index is -4.56. The number of carbonyl (C=O) groups is 2. The summed E-state index contributed by atoms with van der Waals surface area (Å²) in [7, 11) is 0. The smallest absolute Gasteiger partial charge is 0.416 e. The van der Waals surface area contributed by atoms with Gasteiger partial charge in [-0.1, -0.05) is 38.1 Å². The summed E-state index contributed by atoms with van der Waals surface area (Å²) in [5.41, 5.74) is 4.31. The highest BCUT2D eigenvalue weighted by Gasteiger charge is 2.34. The number of amides is 1. The van der Waals surface area contributed by atoms with E-state index in [4.69, 9.17) is 4.74 Å². The van der Waals surface area contributed by atoms with Crippen molar-refractivity contribution in [1.29, 1.82) is 0 Å². The molecule has 0 spiro atoms. The van der Waals surface area contributed by atoms with Gasteiger partial charge in [-0.3, -0.25) is 9.59 Å². The van der Waals surface area contributed by atoms with Crippen molar-refractivity contribution in [2.24, 2.45) is 0 Å². The number of hydrogen-bond acceptors (Lipinski definition) is 3. The van der Waals surface area contributed by atoms with Gasteiger partial charge in [0, 0.05) is 28.7 Å². The first-order valence-electron chi connectivity index (χ1n) is 13.6. The van der Waals surface area contributed by atoms with Gasteiger partial charge < -0.3 is 14.6 Å². The molecule has 216 valence electrons. The second-order valence-electron chi connectivity index (χ2n) is 10.8.